The van der Waals surface area contributed by atoms with Gasteiger partial charge in [0, 0.05) is 6.61 Å². The third kappa shape index (κ3) is 8.21. The van der Waals surface area contributed by atoms with Crippen LogP contribution in [0, 0.1) is 0 Å². The van der Waals surface area contributed by atoms with Gasteiger partial charge in [-0.1, -0.05) is 20.8 Å². The van der Waals surface area contributed by atoms with Crippen LogP contribution in [0.5, 0.6) is 0 Å². The molecule has 0 aromatic carbocycles. The molecule has 0 aliphatic carbocycles. The first-order valence-electron chi connectivity index (χ1n) is 7.37. The Morgan fingerprint density at radius 1 is 1.19 bits per heavy atom. The zero-order chi connectivity index (χ0) is 16.9. The average Bonchev–Trinajstić information content (AvgIpc) is 2.23. The molecule has 0 aromatic rings. The predicted octanol–water partition coefficient (Wildman–Crippen LogP) is 3.49. The minimum absolute atomic E-state index is 0.127. The average molecular weight is 318 g/mol. The molecule has 1 amide bonds. The SMILES string of the molecule is CC(C)(C)OC(=O)N[C@@H](C=O)CCO[Si](C)(C)C(C)(C)C. The summed E-state index contributed by atoms with van der Waals surface area (Å²) in [6, 6.07) is -0.579. The molecular weight excluding hydrogens is 286 g/mol. The maximum Gasteiger partial charge on any atom is 0.408 e. The van der Waals surface area contributed by atoms with E-state index in [9.17, 15) is 9.59 Å². The summed E-state index contributed by atoms with van der Waals surface area (Å²) in [5, 5.41) is 2.68. The summed E-state index contributed by atoms with van der Waals surface area (Å²) in [6.07, 6.45) is 0.598. The van der Waals surface area contributed by atoms with Crippen molar-refractivity contribution in [3.63, 3.8) is 0 Å². The van der Waals surface area contributed by atoms with Gasteiger partial charge in [-0.25, -0.2) is 4.79 Å². The van der Waals surface area contributed by atoms with E-state index in [1.54, 1.807) is 20.8 Å². The van der Waals surface area contributed by atoms with E-state index in [1.165, 1.54) is 0 Å². The van der Waals surface area contributed by atoms with Crippen molar-refractivity contribution in [3.8, 4) is 0 Å². The fraction of sp³-hybridized carbons (Fsp3) is 0.867. The molecule has 5 nitrogen and oxygen atoms in total. The van der Waals surface area contributed by atoms with E-state index in [-0.39, 0.29) is 5.04 Å². The molecule has 21 heavy (non-hydrogen) atoms. The van der Waals surface area contributed by atoms with Gasteiger partial charge >= 0.3 is 6.09 Å². The van der Waals surface area contributed by atoms with Crippen LogP contribution in [0.3, 0.4) is 0 Å². The van der Waals surface area contributed by atoms with E-state index in [0.717, 1.165) is 6.29 Å². The van der Waals surface area contributed by atoms with Crippen LogP contribution in [0.25, 0.3) is 0 Å². The first-order chi connectivity index (χ1) is 9.28. The lowest BCUT2D eigenvalue weighted by atomic mass is 10.2. The Morgan fingerprint density at radius 3 is 2.10 bits per heavy atom. The molecule has 0 unspecified atom stereocenters. The van der Waals surface area contributed by atoms with Crippen LogP contribution in [0.4, 0.5) is 4.79 Å². The fourth-order valence-corrected chi connectivity index (χ4v) is 2.35. The summed E-state index contributed by atoms with van der Waals surface area (Å²) >= 11 is 0. The van der Waals surface area contributed by atoms with E-state index in [1.807, 2.05) is 0 Å². The molecule has 0 saturated carbocycles. The second-order valence-corrected chi connectivity index (χ2v) is 12.6. The number of rotatable bonds is 6. The van der Waals surface area contributed by atoms with Gasteiger partial charge in [0.2, 0.25) is 0 Å². The van der Waals surface area contributed by atoms with Crippen molar-refractivity contribution in [1.29, 1.82) is 0 Å². The largest absolute Gasteiger partial charge is 0.444 e. The maximum absolute atomic E-state index is 11.6. The zero-order valence-electron chi connectivity index (χ0n) is 14.7. The Morgan fingerprint density at radius 2 is 1.71 bits per heavy atom. The summed E-state index contributed by atoms with van der Waals surface area (Å²) in [5.74, 6) is 0. The standard InChI is InChI=1S/C15H31NO4Si/c1-14(2,3)20-13(18)16-12(11-17)9-10-19-21(7,8)15(4,5)6/h11-12H,9-10H2,1-8H3,(H,16,18)/t12-/m1/s1. The summed E-state index contributed by atoms with van der Waals surface area (Å²) in [5.41, 5.74) is -0.574. The number of carbonyl (C=O) groups is 2. The Labute approximate surface area is 129 Å². The number of amides is 1. The van der Waals surface area contributed by atoms with E-state index in [0.29, 0.717) is 13.0 Å². The third-order valence-corrected chi connectivity index (χ3v) is 8.10. The van der Waals surface area contributed by atoms with Gasteiger partial charge in [-0.15, -0.1) is 0 Å². The Hall–Kier alpha value is -0.883. The highest BCUT2D eigenvalue weighted by atomic mass is 28.4. The zero-order valence-corrected chi connectivity index (χ0v) is 15.7. The van der Waals surface area contributed by atoms with Crippen LogP contribution < -0.4 is 5.32 Å². The number of carbonyl (C=O) groups excluding carboxylic acids is 2. The van der Waals surface area contributed by atoms with Crippen LogP contribution in [-0.2, 0) is 14.0 Å². The minimum Gasteiger partial charge on any atom is -0.444 e. The lowest BCUT2D eigenvalue weighted by Gasteiger charge is -2.36. The second-order valence-electron chi connectivity index (χ2n) is 7.79. The molecule has 0 spiro atoms. The number of hydrogen-bond donors (Lipinski definition) is 1. The molecule has 0 aromatic heterocycles. The second kappa shape index (κ2) is 7.40. The molecule has 0 heterocycles. The van der Waals surface area contributed by atoms with Crippen molar-refractivity contribution in [1.82, 2.24) is 5.32 Å². The van der Waals surface area contributed by atoms with Gasteiger partial charge in [-0.05, 0) is 45.3 Å². The highest BCUT2D eigenvalue weighted by molar-refractivity contribution is 6.74. The highest BCUT2D eigenvalue weighted by Gasteiger charge is 2.37. The smallest absolute Gasteiger partial charge is 0.408 e. The summed E-state index contributed by atoms with van der Waals surface area (Å²) < 4.78 is 11.1. The number of nitrogens with one attached hydrogen (secondary N) is 1. The molecule has 0 aliphatic rings. The van der Waals surface area contributed by atoms with Crippen LogP contribution in [0.1, 0.15) is 48.0 Å². The Balaban J connectivity index is 4.30. The van der Waals surface area contributed by atoms with Crippen LogP contribution in [0.2, 0.25) is 18.1 Å². The minimum atomic E-state index is -1.82. The van der Waals surface area contributed by atoms with E-state index in [2.05, 4.69) is 39.2 Å². The van der Waals surface area contributed by atoms with E-state index >= 15 is 0 Å². The van der Waals surface area contributed by atoms with Gasteiger partial charge in [0.05, 0.1) is 6.04 Å². The van der Waals surface area contributed by atoms with Gasteiger partial charge < -0.3 is 19.3 Å². The van der Waals surface area contributed by atoms with Crippen LogP contribution in [-0.4, -0.2) is 38.9 Å². The molecule has 0 bridgehead atoms. The fourth-order valence-electron chi connectivity index (χ4n) is 1.29. The molecular formula is C15H31NO4Si. The number of hydrogen-bond acceptors (Lipinski definition) is 4. The number of alkyl carbamates (subject to hydrolysis) is 1. The van der Waals surface area contributed by atoms with Crippen molar-refractivity contribution < 1.29 is 18.8 Å². The van der Waals surface area contributed by atoms with Gasteiger partial charge in [-0.3, -0.25) is 0 Å². The monoisotopic (exact) mass is 317 g/mol. The number of ether oxygens (including phenoxy) is 1. The topological polar surface area (TPSA) is 64.6 Å². The van der Waals surface area contributed by atoms with Crippen molar-refractivity contribution in [2.45, 2.75) is 77.7 Å². The van der Waals surface area contributed by atoms with Crippen molar-refractivity contribution in [3.05, 3.63) is 0 Å². The Kier molecular flexibility index (Phi) is 7.09. The van der Waals surface area contributed by atoms with Crippen LogP contribution >= 0.6 is 0 Å². The van der Waals surface area contributed by atoms with Crippen molar-refractivity contribution >= 4 is 20.7 Å². The summed E-state index contributed by atoms with van der Waals surface area (Å²) in [4.78, 5) is 22.7. The van der Waals surface area contributed by atoms with Crippen molar-refractivity contribution in [2.24, 2.45) is 0 Å². The molecule has 0 aliphatic heterocycles. The summed E-state index contributed by atoms with van der Waals surface area (Å²) in [6.45, 7) is 16.6. The predicted molar refractivity (Wildman–Crippen MR) is 87.0 cm³/mol. The molecule has 1 N–H and O–H groups in total. The van der Waals surface area contributed by atoms with Gasteiger partial charge in [0.25, 0.3) is 0 Å². The summed E-state index contributed by atoms with van der Waals surface area (Å²) in [7, 11) is -1.82. The van der Waals surface area contributed by atoms with E-state index < -0.39 is 26.1 Å². The first kappa shape index (κ1) is 20.1. The Bertz CT molecular complexity index is 356. The molecule has 0 saturated heterocycles. The van der Waals surface area contributed by atoms with Gasteiger partial charge in [0.15, 0.2) is 8.32 Å². The van der Waals surface area contributed by atoms with Crippen LogP contribution in [0.15, 0.2) is 0 Å². The number of aldehydes is 1. The van der Waals surface area contributed by atoms with E-state index in [4.69, 9.17) is 9.16 Å². The van der Waals surface area contributed by atoms with Gasteiger partial charge in [0.1, 0.15) is 11.9 Å². The molecule has 124 valence electrons. The molecule has 1 atom stereocenters. The molecule has 6 heteroatoms. The third-order valence-electron chi connectivity index (χ3n) is 3.56. The molecule has 0 rings (SSSR count). The van der Waals surface area contributed by atoms with Crippen molar-refractivity contribution in [2.75, 3.05) is 6.61 Å². The normalized spacial score (nSPS) is 14.5. The molecule has 0 radical (unpaired) electrons. The first-order valence-corrected chi connectivity index (χ1v) is 10.3. The quantitative estimate of drug-likeness (QED) is 0.601. The maximum atomic E-state index is 11.6. The lowest BCUT2D eigenvalue weighted by molar-refractivity contribution is -0.109. The highest BCUT2D eigenvalue weighted by Crippen LogP contribution is 2.36. The van der Waals surface area contributed by atoms with Gasteiger partial charge in [-0.2, -0.15) is 0 Å². The lowest BCUT2D eigenvalue weighted by Crippen LogP contribution is -2.43. The molecule has 0 fully saturated rings.